The molecule has 0 atom stereocenters. The quantitative estimate of drug-likeness (QED) is 0.909. The molecule has 3 rings (SSSR count). The fraction of sp³-hybridized carbons (Fsp3) is 0.529. The number of carbonyl (C=O) groups excluding carboxylic acids is 1. The highest BCUT2D eigenvalue weighted by molar-refractivity contribution is 5.94. The second kappa shape index (κ2) is 5.17. The van der Waals surface area contributed by atoms with Gasteiger partial charge in [-0.25, -0.2) is 0 Å². The predicted molar refractivity (Wildman–Crippen MR) is 79.3 cm³/mol. The minimum absolute atomic E-state index is 0.0390. The SMILES string of the molecule is CC1(C(=O)O)CCN(C(=O)c2ccc3c(c2)CCC3)CC1. The molecule has 112 valence electrons. The van der Waals surface area contributed by atoms with Gasteiger partial charge in [0.15, 0.2) is 0 Å². The summed E-state index contributed by atoms with van der Waals surface area (Å²) in [5.41, 5.74) is 2.72. The summed E-state index contributed by atoms with van der Waals surface area (Å²) in [5, 5.41) is 9.24. The van der Waals surface area contributed by atoms with Gasteiger partial charge in [0.05, 0.1) is 5.41 Å². The number of carboxylic acid groups (broad SMARTS) is 1. The molecular weight excluding hydrogens is 266 g/mol. The Morgan fingerprint density at radius 3 is 2.48 bits per heavy atom. The van der Waals surface area contributed by atoms with E-state index in [1.807, 2.05) is 12.1 Å². The van der Waals surface area contributed by atoms with E-state index in [4.69, 9.17) is 0 Å². The van der Waals surface area contributed by atoms with Crippen molar-refractivity contribution < 1.29 is 14.7 Å². The van der Waals surface area contributed by atoms with Gasteiger partial charge in [-0.15, -0.1) is 0 Å². The molecule has 1 N–H and O–H groups in total. The van der Waals surface area contributed by atoms with E-state index in [0.717, 1.165) is 18.4 Å². The van der Waals surface area contributed by atoms with Gasteiger partial charge >= 0.3 is 5.97 Å². The molecule has 2 aliphatic rings. The number of nitrogens with zero attached hydrogens (tertiary/aromatic N) is 1. The maximum Gasteiger partial charge on any atom is 0.309 e. The Bertz CT molecular complexity index is 586. The van der Waals surface area contributed by atoms with Gasteiger partial charge in [-0.05, 0) is 62.3 Å². The van der Waals surface area contributed by atoms with Crippen LogP contribution in [0, 0.1) is 5.41 Å². The molecule has 1 aliphatic heterocycles. The van der Waals surface area contributed by atoms with Gasteiger partial charge in [0, 0.05) is 18.7 Å². The van der Waals surface area contributed by atoms with Crippen LogP contribution in [0.1, 0.15) is 47.7 Å². The van der Waals surface area contributed by atoms with Crippen LogP contribution in [0.15, 0.2) is 18.2 Å². The molecule has 4 heteroatoms. The van der Waals surface area contributed by atoms with E-state index in [-0.39, 0.29) is 5.91 Å². The first-order chi connectivity index (χ1) is 9.99. The zero-order valence-corrected chi connectivity index (χ0v) is 12.4. The molecule has 1 saturated heterocycles. The van der Waals surface area contributed by atoms with Crippen LogP contribution in [0.3, 0.4) is 0 Å². The number of hydrogen-bond donors (Lipinski definition) is 1. The Kier molecular flexibility index (Phi) is 3.47. The van der Waals surface area contributed by atoms with Crippen molar-refractivity contribution in [3.05, 3.63) is 34.9 Å². The average molecular weight is 287 g/mol. The molecular formula is C17H21NO3. The normalized spacial score (nSPS) is 20.1. The number of carboxylic acids is 1. The zero-order chi connectivity index (χ0) is 15.0. The first-order valence-electron chi connectivity index (χ1n) is 7.64. The molecule has 0 unspecified atom stereocenters. The van der Waals surface area contributed by atoms with Crippen molar-refractivity contribution in [3.8, 4) is 0 Å². The first-order valence-corrected chi connectivity index (χ1v) is 7.64. The van der Waals surface area contributed by atoms with Crippen molar-refractivity contribution in [2.75, 3.05) is 13.1 Å². The van der Waals surface area contributed by atoms with Gasteiger partial charge in [0.2, 0.25) is 0 Å². The van der Waals surface area contributed by atoms with Gasteiger partial charge < -0.3 is 10.0 Å². The lowest BCUT2D eigenvalue weighted by molar-refractivity contribution is -0.150. The Hall–Kier alpha value is -1.84. The molecule has 4 nitrogen and oxygen atoms in total. The maximum absolute atomic E-state index is 12.6. The Morgan fingerprint density at radius 2 is 1.81 bits per heavy atom. The van der Waals surface area contributed by atoms with E-state index in [1.165, 1.54) is 17.5 Å². The number of amides is 1. The lowest BCUT2D eigenvalue weighted by atomic mass is 9.80. The number of fused-ring (bicyclic) bond motifs is 1. The molecule has 0 bridgehead atoms. The van der Waals surface area contributed by atoms with Crippen LogP contribution in [-0.2, 0) is 17.6 Å². The summed E-state index contributed by atoms with van der Waals surface area (Å²) in [6, 6.07) is 6.01. The van der Waals surface area contributed by atoms with Crippen LogP contribution in [-0.4, -0.2) is 35.0 Å². The molecule has 1 amide bonds. The highest BCUT2D eigenvalue weighted by Crippen LogP contribution is 2.32. The highest BCUT2D eigenvalue weighted by atomic mass is 16.4. The Balaban J connectivity index is 1.71. The zero-order valence-electron chi connectivity index (χ0n) is 12.4. The summed E-state index contributed by atoms with van der Waals surface area (Å²) < 4.78 is 0. The van der Waals surface area contributed by atoms with Gasteiger partial charge in [-0.1, -0.05) is 6.07 Å². The monoisotopic (exact) mass is 287 g/mol. The number of aryl methyl sites for hydroxylation is 2. The number of hydrogen-bond acceptors (Lipinski definition) is 2. The van der Waals surface area contributed by atoms with Crippen molar-refractivity contribution in [2.45, 2.75) is 39.0 Å². The number of piperidine rings is 1. The molecule has 0 aromatic heterocycles. The van der Waals surface area contributed by atoms with E-state index < -0.39 is 11.4 Å². The fourth-order valence-electron chi connectivity index (χ4n) is 3.30. The topological polar surface area (TPSA) is 57.6 Å². The lowest BCUT2D eigenvalue weighted by Crippen LogP contribution is -2.45. The molecule has 1 fully saturated rings. The van der Waals surface area contributed by atoms with Crippen molar-refractivity contribution in [1.29, 1.82) is 0 Å². The Morgan fingerprint density at radius 1 is 1.14 bits per heavy atom. The van der Waals surface area contributed by atoms with E-state index in [2.05, 4.69) is 6.07 Å². The summed E-state index contributed by atoms with van der Waals surface area (Å²) in [6.07, 6.45) is 4.41. The van der Waals surface area contributed by atoms with Gasteiger partial charge in [0.1, 0.15) is 0 Å². The number of benzene rings is 1. The van der Waals surface area contributed by atoms with Crippen LogP contribution in [0.25, 0.3) is 0 Å². The Labute approximate surface area is 124 Å². The average Bonchev–Trinajstić information content (AvgIpc) is 2.94. The minimum Gasteiger partial charge on any atom is -0.481 e. The molecule has 1 aromatic carbocycles. The summed E-state index contributed by atoms with van der Waals surface area (Å²) in [4.78, 5) is 25.6. The van der Waals surface area contributed by atoms with E-state index in [1.54, 1.807) is 11.8 Å². The third kappa shape index (κ3) is 2.55. The second-order valence-electron chi connectivity index (χ2n) is 6.50. The molecule has 1 heterocycles. The molecule has 1 aromatic rings. The summed E-state index contributed by atoms with van der Waals surface area (Å²) in [7, 11) is 0. The van der Waals surface area contributed by atoms with Crippen molar-refractivity contribution in [1.82, 2.24) is 4.90 Å². The largest absolute Gasteiger partial charge is 0.481 e. The van der Waals surface area contributed by atoms with Gasteiger partial charge in [0.25, 0.3) is 5.91 Å². The lowest BCUT2D eigenvalue weighted by Gasteiger charge is -2.36. The number of rotatable bonds is 2. The predicted octanol–water partition coefficient (Wildman–Crippen LogP) is 2.50. The third-order valence-corrected chi connectivity index (χ3v) is 5.02. The minimum atomic E-state index is -0.757. The summed E-state index contributed by atoms with van der Waals surface area (Å²) in [6.45, 7) is 2.82. The molecule has 1 aliphatic carbocycles. The van der Waals surface area contributed by atoms with Crippen LogP contribution in [0.5, 0.6) is 0 Å². The fourth-order valence-corrected chi connectivity index (χ4v) is 3.30. The molecule has 21 heavy (non-hydrogen) atoms. The van der Waals surface area contributed by atoms with E-state index in [9.17, 15) is 14.7 Å². The van der Waals surface area contributed by atoms with Crippen molar-refractivity contribution in [3.63, 3.8) is 0 Å². The van der Waals surface area contributed by atoms with Crippen LogP contribution < -0.4 is 0 Å². The maximum atomic E-state index is 12.6. The molecule has 0 radical (unpaired) electrons. The molecule has 0 saturated carbocycles. The number of aliphatic carboxylic acids is 1. The van der Waals surface area contributed by atoms with Crippen LogP contribution in [0.2, 0.25) is 0 Å². The first kappa shape index (κ1) is 14.1. The van der Waals surface area contributed by atoms with Crippen LogP contribution in [0.4, 0.5) is 0 Å². The third-order valence-electron chi connectivity index (χ3n) is 5.02. The van der Waals surface area contributed by atoms with E-state index in [0.29, 0.717) is 25.9 Å². The van der Waals surface area contributed by atoms with Gasteiger partial charge in [-0.3, -0.25) is 9.59 Å². The standard InChI is InChI=1S/C17H21NO3/c1-17(16(20)21)7-9-18(10-8-17)15(19)14-6-5-12-3-2-4-13(12)11-14/h5-6,11H,2-4,7-10H2,1H3,(H,20,21). The molecule has 0 spiro atoms. The number of carbonyl (C=O) groups is 2. The summed E-state index contributed by atoms with van der Waals surface area (Å²) in [5.74, 6) is -0.718. The highest BCUT2D eigenvalue weighted by Gasteiger charge is 2.38. The van der Waals surface area contributed by atoms with Crippen molar-refractivity contribution in [2.24, 2.45) is 5.41 Å². The van der Waals surface area contributed by atoms with Crippen LogP contribution >= 0.6 is 0 Å². The smallest absolute Gasteiger partial charge is 0.309 e. The summed E-state index contributed by atoms with van der Waals surface area (Å²) >= 11 is 0. The number of likely N-dealkylation sites (tertiary alicyclic amines) is 1. The van der Waals surface area contributed by atoms with Gasteiger partial charge in [-0.2, -0.15) is 0 Å². The van der Waals surface area contributed by atoms with E-state index >= 15 is 0 Å². The van der Waals surface area contributed by atoms with Crippen molar-refractivity contribution >= 4 is 11.9 Å². The second-order valence-corrected chi connectivity index (χ2v) is 6.50.